The molecule has 34 heavy (non-hydrogen) atoms. The molecule has 2 aliphatic heterocycles. The number of hydrogen-bond acceptors (Lipinski definition) is 6. The quantitative estimate of drug-likeness (QED) is 0.698. The number of aliphatic carboxylic acids is 1. The molecule has 4 heterocycles. The zero-order valence-corrected chi connectivity index (χ0v) is 19.6. The van der Waals surface area contributed by atoms with Gasteiger partial charge in [-0.3, -0.25) is 9.69 Å². The highest BCUT2D eigenvalue weighted by Gasteiger charge is 2.46. The maximum absolute atomic E-state index is 12.7. The first-order valence-corrected chi connectivity index (χ1v) is 10.9. The molecule has 1 amide bonds. The third-order valence-electron chi connectivity index (χ3n) is 6.12. The minimum absolute atomic E-state index is 0.0388. The molecule has 2 aromatic rings. The van der Waals surface area contributed by atoms with Gasteiger partial charge in [-0.1, -0.05) is 20.8 Å². The number of carboxylic acids is 1. The van der Waals surface area contributed by atoms with Crippen LogP contribution in [0.5, 0.6) is 0 Å². The molecule has 11 heteroatoms. The number of amides is 1. The van der Waals surface area contributed by atoms with Gasteiger partial charge in [0.15, 0.2) is 0 Å². The number of nitrogens with zero attached hydrogens (tertiary/aromatic N) is 4. The maximum Gasteiger partial charge on any atom is 0.490 e. The second kappa shape index (κ2) is 9.36. The van der Waals surface area contributed by atoms with Crippen molar-refractivity contribution in [1.82, 2.24) is 19.8 Å². The first kappa shape index (κ1) is 25.7. The van der Waals surface area contributed by atoms with Gasteiger partial charge < -0.3 is 14.4 Å². The highest BCUT2D eigenvalue weighted by Crippen LogP contribution is 2.41. The summed E-state index contributed by atoms with van der Waals surface area (Å²) in [6.45, 7) is 9.97. The molecule has 2 aliphatic rings. The molecule has 1 spiro atoms. The average Bonchev–Trinajstić information content (AvgIpc) is 3.26. The summed E-state index contributed by atoms with van der Waals surface area (Å²) in [5.41, 5.74) is 2.64. The predicted molar refractivity (Wildman–Crippen MR) is 116 cm³/mol. The van der Waals surface area contributed by atoms with Crippen molar-refractivity contribution in [2.24, 2.45) is 0 Å². The van der Waals surface area contributed by atoms with Gasteiger partial charge in [0, 0.05) is 42.7 Å². The summed E-state index contributed by atoms with van der Waals surface area (Å²) in [5.74, 6) is -1.90. The fraction of sp³-hybridized carbons (Fsp3) is 0.565. The summed E-state index contributed by atoms with van der Waals surface area (Å²) in [6, 6.07) is 2.02. The Balaban J connectivity index is 0.000000406. The lowest BCUT2D eigenvalue weighted by molar-refractivity contribution is -0.192. The summed E-state index contributed by atoms with van der Waals surface area (Å²) >= 11 is 0. The van der Waals surface area contributed by atoms with Crippen LogP contribution in [0.25, 0.3) is 0 Å². The predicted octanol–water partition coefficient (Wildman–Crippen LogP) is 3.62. The molecule has 4 rings (SSSR count). The first-order chi connectivity index (χ1) is 15.7. The van der Waals surface area contributed by atoms with Crippen LogP contribution in [-0.2, 0) is 22.2 Å². The largest absolute Gasteiger partial charge is 0.490 e. The number of likely N-dealkylation sites (N-methyl/N-ethyl adjacent to an activating group) is 1. The van der Waals surface area contributed by atoms with Crippen molar-refractivity contribution < 1.29 is 32.3 Å². The van der Waals surface area contributed by atoms with E-state index in [1.807, 2.05) is 24.3 Å². The molecular weight excluding hydrogens is 453 g/mol. The van der Waals surface area contributed by atoms with Crippen molar-refractivity contribution in [3.8, 4) is 0 Å². The fourth-order valence-electron chi connectivity index (χ4n) is 4.29. The normalized spacial score (nSPS) is 18.3. The Morgan fingerprint density at radius 1 is 1.24 bits per heavy atom. The van der Waals surface area contributed by atoms with Gasteiger partial charge in [0.1, 0.15) is 5.82 Å². The number of carboxylic acid groups (broad SMARTS) is 1. The summed E-state index contributed by atoms with van der Waals surface area (Å²) in [4.78, 5) is 35.4. The fourth-order valence-corrected chi connectivity index (χ4v) is 4.29. The number of hydrogen-bond donors (Lipinski definition) is 1. The van der Waals surface area contributed by atoms with Crippen molar-refractivity contribution in [3.63, 3.8) is 0 Å². The Hall–Kier alpha value is -2.95. The van der Waals surface area contributed by atoms with Crippen LogP contribution in [0.4, 0.5) is 13.2 Å². The minimum atomic E-state index is -5.08. The number of piperidine rings is 1. The Labute approximate surface area is 195 Å². The second-order valence-electron chi connectivity index (χ2n) is 9.86. The molecule has 1 fully saturated rings. The molecule has 1 N–H and O–H groups in total. The van der Waals surface area contributed by atoms with Crippen LogP contribution in [0, 0.1) is 0 Å². The smallest absolute Gasteiger partial charge is 0.475 e. The van der Waals surface area contributed by atoms with E-state index in [0.717, 1.165) is 50.5 Å². The molecular formula is C23H29F3N4O4. The van der Waals surface area contributed by atoms with E-state index in [4.69, 9.17) is 19.3 Å². The van der Waals surface area contributed by atoms with E-state index in [1.54, 1.807) is 12.5 Å². The summed E-state index contributed by atoms with van der Waals surface area (Å²) in [6.07, 6.45) is 2.20. The monoisotopic (exact) mass is 482 g/mol. The molecule has 0 aliphatic carbocycles. The minimum Gasteiger partial charge on any atom is -0.475 e. The average molecular weight is 483 g/mol. The van der Waals surface area contributed by atoms with Crippen LogP contribution >= 0.6 is 0 Å². The van der Waals surface area contributed by atoms with E-state index in [1.165, 1.54) is 5.56 Å². The van der Waals surface area contributed by atoms with E-state index in [2.05, 4.69) is 30.7 Å². The van der Waals surface area contributed by atoms with Crippen LogP contribution in [0.15, 0.2) is 29.2 Å². The Morgan fingerprint density at radius 3 is 2.35 bits per heavy atom. The molecule has 1 saturated heterocycles. The number of fused-ring (bicyclic) bond motifs is 2. The van der Waals surface area contributed by atoms with Crippen LogP contribution < -0.4 is 0 Å². The molecule has 0 radical (unpaired) electrons. The Morgan fingerprint density at radius 2 is 1.85 bits per heavy atom. The van der Waals surface area contributed by atoms with Gasteiger partial charge in [-0.25, -0.2) is 14.8 Å². The van der Waals surface area contributed by atoms with Crippen molar-refractivity contribution >= 4 is 11.9 Å². The zero-order chi connectivity index (χ0) is 25.3. The zero-order valence-electron chi connectivity index (χ0n) is 19.6. The van der Waals surface area contributed by atoms with Crippen molar-refractivity contribution in [2.75, 3.05) is 26.7 Å². The lowest BCUT2D eigenvalue weighted by Gasteiger charge is -2.46. The number of furan rings is 1. The third kappa shape index (κ3) is 5.57. The molecule has 8 nitrogen and oxygen atoms in total. The highest BCUT2D eigenvalue weighted by atomic mass is 19.4. The van der Waals surface area contributed by atoms with Crippen molar-refractivity contribution in [3.05, 3.63) is 47.4 Å². The molecule has 0 aromatic carbocycles. The van der Waals surface area contributed by atoms with E-state index in [0.29, 0.717) is 5.56 Å². The lowest BCUT2D eigenvalue weighted by Crippen LogP contribution is -2.54. The SMILES string of the molecule is CN1CC2(CCN(Cc3ccoc3)CC2)c2nc(C(C)(C)C)ncc2C1=O.O=C(O)C(F)(F)F. The Bertz CT molecular complexity index is 1020. The van der Waals surface area contributed by atoms with E-state index in [9.17, 15) is 18.0 Å². The number of halogens is 3. The summed E-state index contributed by atoms with van der Waals surface area (Å²) in [5, 5.41) is 7.12. The van der Waals surface area contributed by atoms with Crippen LogP contribution in [-0.4, -0.2) is 69.6 Å². The number of alkyl halides is 3. The highest BCUT2D eigenvalue weighted by molar-refractivity contribution is 5.96. The van der Waals surface area contributed by atoms with Gasteiger partial charge in [-0.05, 0) is 32.0 Å². The van der Waals surface area contributed by atoms with Crippen molar-refractivity contribution in [1.29, 1.82) is 0 Å². The summed E-state index contributed by atoms with van der Waals surface area (Å²) in [7, 11) is 1.89. The molecule has 0 saturated carbocycles. The topological polar surface area (TPSA) is 99.8 Å². The van der Waals surface area contributed by atoms with Gasteiger partial charge >= 0.3 is 12.1 Å². The maximum atomic E-state index is 12.7. The number of rotatable bonds is 2. The second-order valence-corrected chi connectivity index (χ2v) is 9.86. The van der Waals surface area contributed by atoms with E-state index in [-0.39, 0.29) is 16.7 Å². The number of aromatic nitrogens is 2. The number of likely N-dealkylation sites (tertiary alicyclic amines) is 1. The van der Waals surface area contributed by atoms with Gasteiger partial charge in [0.05, 0.1) is 23.8 Å². The molecule has 186 valence electrons. The molecule has 2 aromatic heterocycles. The first-order valence-electron chi connectivity index (χ1n) is 10.9. The van der Waals surface area contributed by atoms with E-state index >= 15 is 0 Å². The van der Waals surface area contributed by atoms with Gasteiger partial charge in [-0.15, -0.1) is 0 Å². The van der Waals surface area contributed by atoms with Gasteiger partial charge in [0.2, 0.25) is 0 Å². The number of carbonyl (C=O) groups excluding carboxylic acids is 1. The van der Waals surface area contributed by atoms with Crippen LogP contribution in [0.3, 0.4) is 0 Å². The Kier molecular flexibility index (Phi) is 7.07. The van der Waals surface area contributed by atoms with E-state index < -0.39 is 12.1 Å². The molecule has 0 atom stereocenters. The van der Waals surface area contributed by atoms with Crippen LogP contribution in [0.1, 0.15) is 61.1 Å². The summed E-state index contributed by atoms with van der Waals surface area (Å²) < 4.78 is 36.9. The molecule has 0 unspecified atom stereocenters. The molecule has 0 bridgehead atoms. The standard InChI is InChI=1S/C21H28N4O2.C2HF3O2/c1-20(2,3)19-22-11-16-17(23-19)21(14-24(4)18(16)26)6-8-25(9-7-21)12-15-5-10-27-13-15;3-2(4,5)1(6)7/h5,10-11,13H,6-9,12,14H2,1-4H3;(H,6,7). The van der Waals surface area contributed by atoms with Gasteiger partial charge in [0.25, 0.3) is 5.91 Å². The van der Waals surface area contributed by atoms with Crippen LogP contribution in [0.2, 0.25) is 0 Å². The third-order valence-corrected chi connectivity index (χ3v) is 6.12. The number of carbonyl (C=O) groups is 2. The van der Waals surface area contributed by atoms with Gasteiger partial charge in [-0.2, -0.15) is 13.2 Å². The lowest BCUT2D eigenvalue weighted by atomic mass is 9.71. The van der Waals surface area contributed by atoms with Crippen molar-refractivity contribution in [2.45, 2.75) is 57.2 Å².